The van der Waals surface area contributed by atoms with E-state index in [4.69, 9.17) is 11.6 Å². The van der Waals surface area contributed by atoms with Gasteiger partial charge in [0, 0.05) is 10.4 Å². The predicted molar refractivity (Wildman–Crippen MR) is 46.1 cm³/mol. The van der Waals surface area contributed by atoms with Crippen molar-refractivity contribution in [2.45, 2.75) is 6.43 Å². The van der Waals surface area contributed by atoms with Gasteiger partial charge in [0.25, 0.3) is 6.43 Å². The predicted octanol–water partition coefficient (Wildman–Crippen LogP) is 3.15. The van der Waals surface area contributed by atoms with Gasteiger partial charge < -0.3 is 0 Å². The molecule has 0 saturated carbocycles. The lowest BCUT2D eigenvalue weighted by Gasteiger charge is -1.94. The molecule has 1 aromatic carbocycles. The van der Waals surface area contributed by atoms with Crippen LogP contribution in [-0.4, -0.2) is 10.2 Å². The van der Waals surface area contributed by atoms with E-state index in [-0.39, 0.29) is 5.69 Å². The van der Waals surface area contributed by atoms with Gasteiger partial charge in [0.15, 0.2) is 0 Å². The van der Waals surface area contributed by atoms with E-state index in [1.54, 1.807) is 12.1 Å². The molecule has 0 saturated heterocycles. The summed E-state index contributed by atoms with van der Waals surface area (Å²) in [6.45, 7) is 0. The molecule has 0 amide bonds. The van der Waals surface area contributed by atoms with Gasteiger partial charge >= 0.3 is 0 Å². The summed E-state index contributed by atoms with van der Waals surface area (Å²) in [6.07, 6.45) is -2.55. The Bertz CT molecular complexity index is 439. The van der Waals surface area contributed by atoms with Crippen molar-refractivity contribution in [1.82, 2.24) is 10.2 Å². The van der Waals surface area contributed by atoms with E-state index in [2.05, 4.69) is 10.2 Å². The van der Waals surface area contributed by atoms with E-state index in [0.717, 1.165) is 0 Å². The highest BCUT2D eigenvalue weighted by Gasteiger charge is 2.14. The van der Waals surface area contributed by atoms with Gasteiger partial charge in [-0.3, -0.25) is 5.10 Å². The van der Waals surface area contributed by atoms with Gasteiger partial charge in [-0.2, -0.15) is 5.10 Å². The van der Waals surface area contributed by atoms with Crippen molar-refractivity contribution < 1.29 is 8.78 Å². The van der Waals surface area contributed by atoms with Crippen LogP contribution in [0.1, 0.15) is 12.1 Å². The van der Waals surface area contributed by atoms with Crippen molar-refractivity contribution in [3.05, 3.63) is 28.9 Å². The highest BCUT2D eigenvalue weighted by Crippen LogP contribution is 2.27. The molecule has 1 N–H and O–H groups in total. The average molecular weight is 203 g/mol. The van der Waals surface area contributed by atoms with Gasteiger partial charge in [-0.05, 0) is 18.2 Å². The summed E-state index contributed by atoms with van der Waals surface area (Å²) >= 11 is 5.67. The Kier molecular flexibility index (Phi) is 1.92. The molecule has 5 heteroatoms. The zero-order chi connectivity index (χ0) is 9.42. The summed E-state index contributed by atoms with van der Waals surface area (Å²) < 4.78 is 24.7. The molecule has 2 nitrogen and oxygen atoms in total. The first-order valence-electron chi connectivity index (χ1n) is 3.60. The van der Waals surface area contributed by atoms with Crippen LogP contribution in [-0.2, 0) is 0 Å². The average Bonchev–Trinajstić information content (AvgIpc) is 2.46. The van der Waals surface area contributed by atoms with Gasteiger partial charge in [-0.25, -0.2) is 8.78 Å². The third-order valence-electron chi connectivity index (χ3n) is 1.76. The van der Waals surface area contributed by atoms with Crippen LogP contribution in [0.15, 0.2) is 18.2 Å². The summed E-state index contributed by atoms with van der Waals surface area (Å²) in [7, 11) is 0. The second-order valence-corrected chi connectivity index (χ2v) is 3.04. The SMILES string of the molecule is FC(F)c1[nH]nc2ccc(Cl)cc12. The number of nitrogens with zero attached hydrogens (tertiary/aromatic N) is 1. The smallest absolute Gasteiger partial charge is 0.276 e. The number of hydrogen-bond acceptors (Lipinski definition) is 1. The quantitative estimate of drug-likeness (QED) is 0.756. The van der Waals surface area contributed by atoms with Crippen LogP contribution in [0.25, 0.3) is 10.9 Å². The molecule has 1 aromatic heterocycles. The van der Waals surface area contributed by atoms with Crippen molar-refractivity contribution in [2.24, 2.45) is 0 Å². The van der Waals surface area contributed by atoms with E-state index < -0.39 is 6.43 Å². The van der Waals surface area contributed by atoms with Crippen LogP contribution in [0.4, 0.5) is 8.78 Å². The molecule has 0 atom stereocenters. The Hall–Kier alpha value is -1.16. The second kappa shape index (κ2) is 2.96. The third-order valence-corrected chi connectivity index (χ3v) is 2.00. The summed E-state index contributed by atoms with van der Waals surface area (Å²) in [5, 5.41) is 6.80. The van der Waals surface area contributed by atoms with Crippen molar-refractivity contribution in [2.75, 3.05) is 0 Å². The molecular formula is C8H5ClF2N2. The molecule has 13 heavy (non-hydrogen) atoms. The summed E-state index contributed by atoms with van der Waals surface area (Å²) in [5.41, 5.74) is 0.317. The van der Waals surface area contributed by atoms with Crippen LogP contribution in [0, 0.1) is 0 Å². The van der Waals surface area contributed by atoms with Gasteiger partial charge in [-0.1, -0.05) is 11.6 Å². The monoisotopic (exact) mass is 202 g/mol. The fraction of sp³-hybridized carbons (Fsp3) is 0.125. The van der Waals surface area contributed by atoms with Gasteiger partial charge in [0.05, 0.1) is 5.52 Å². The van der Waals surface area contributed by atoms with E-state index >= 15 is 0 Å². The first-order valence-corrected chi connectivity index (χ1v) is 3.98. The maximum atomic E-state index is 12.3. The molecule has 0 aliphatic heterocycles. The number of aromatic amines is 1. The Morgan fingerprint density at radius 2 is 2.15 bits per heavy atom. The maximum absolute atomic E-state index is 12.3. The van der Waals surface area contributed by atoms with Crippen molar-refractivity contribution in [1.29, 1.82) is 0 Å². The molecule has 1 heterocycles. The second-order valence-electron chi connectivity index (χ2n) is 2.60. The highest BCUT2D eigenvalue weighted by atomic mass is 35.5. The Morgan fingerprint density at radius 3 is 2.85 bits per heavy atom. The van der Waals surface area contributed by atoms with E-state index in [1.165, 1.54) is 6.07 Å². The normalized spacial score (nSPS) is 11.4. The Morgan fingerprint density at radius 1 is 1.38 bits per heavy atom. The first kappa shape index (κ1) is 8.44. The van der Waals surface area contributed by atoms with E-state index in [9.17, 15) is 8.78 Å². The van der Waals surface area contributed by atoms with Gasteiger partial charge in [0.2, 0.25) is 0 Å². The van der Waals surface area contributed by atoms with Crippen LogP contribution in [0.3, 0.4) is 0 Å². The molecule has 0 fully saturated rings. The first-order chi connectivity index (χ1) is 6.18. The van der Waals surface area contributed by atoms with Crippen LogP contribution >= 0.6 is 11.6 Å². The molecule has 0 spiro atoms. The number of aromatic nitrogens is 2. The number of benzene rings is 1. The molecule has 2 rings (SSSR count). The lowest BCUT2D eigenvalue weighted by molar-refractivity contribution is 0.147. The van der Waals surface area contributed by atoms with Crippen LogP contribution in [0.2, 0.25) is 5.02 Å². The van der Waals surface area contributed by atoms with E-state index in [0.29, 0.717) is 15.9 Å². The minimum Gasteiger partial charge on any atom is -0.276 e. The zero-order valence-corrected chi connectivity index (χ0v) is 7.15. The lowest BCUT2D eigenvalue weighted by atomic mass is 10.2. The standard InChI is InChI=1S/C8H5ClF2N2/c9-4-1-2-6-5(3-4)7(8(10)11)13-12-6/h1-3,8H,(H,12,13). The molecule has 68 valence electrons. The minimum atomic E-state index is -2.55. The fourth-order valence-corrected chi connectivity index (χ4v) is 1.34. The number of halogens is 3. The summed E-state index contributed by atoms with van der Waals surface area (Å²) in [6, 6.07) is 4.68. The number of rotatable bonds is 1. The van der Waals surface area contributed by atoms with Crippen molar-refractivity contribution in [3.8, 4) is 0 Å². The molecular weight excluding hydrogens is 198 g/mol. The van der Waals surface area contributed by atoms with Crippen molar-refractivity contribution >= 4 is 22.5 Å². The highest BCUT2D eigenvalue weighted by molar-refractivity contribution is 6.31. The number of hydrogen-bond donors (Lipinski definition) is 1. The maximum Gasteiger partial charge on any atom is 0.280 e. The Balaban J connectivity index is 2.71. The molecule has 0 radical (unpaired) electrons. The zero-order valence-electron chi connectivity index (χ0n) is 6.39. The molecule has 0 bridgehead atoms. The molecule has 0 unspecified atom stereocenters. The topological polar surface area (TPSA) is 28.7 Å². The molecule has 2 aromatic rings. The minimum absolute atomic E-state index is 0.183. The van der Waals surface area contributed by atoms with Crippen LogP contribution < -0.4 is 0 Å². The number of alkyl halides is 2. The number of fused-ring (bicyclic) bond motifs is 1. The number of H-pyrrole nitrogens is 1. The van der Waals surface area contributed by atoms with Crippen molar-refractivity contribution in [3.63, 3.8) is 0 Å². The largest absolute Gasteiger partial charge is 0.280 e. The van der Waals surface area contributed by atoms with E-state index in [1.807, 2.05) is 0 Å². The summed E-state index contributed by atoms with van der Waals surface area (Å²) in [5.74, 6) is 0. The van der Waals surface area contributed by atoms with Gasteiger partial charge in [-0.15, -0.1) is 0 Å². The van der Waals surface area contributed by atoms with Crippen LogP contribution in [0.5, 0.6) is 0 Å². The number of nitrogens with one attached hydrogen (secondary N) is 1. The fourth-order valence-electron chi connectivity index (χ4n) is 1.17. The summed E-state index contributed by atoms with van der Waals surface area (Å²) in [4.78, 5) is 0. The molecule has 0 aliphatic rings. The molecule has 0 aliphatic carbocycles. The van der Waals surface area contributed by atoms with Gasteiger partial charge in [0.1, 0.15) is 5.69 Å². The Labute approximate surface area is 77.5 Å². The third kappa shape index (κ3) is 1.37. The lowest BCUT2D eigenvalue weighted by Crippen LogP contribution is -1.83.